The second-order valence-corrected chi connectivity index (χ2v) is 5.90. The Morgan fingerprint density at radius 1 is 1.25 bits per heavy atom. The van der Waals surface area contributed by atoms with Gasteiger partial charge in [0.25, 0.3) is 0 Å². The number of carbonyl (C=O) groups is 1. The first-order chi connectivity index (χ1) is 9.70. The van der Waals surface area contributed by atoms with Gasteiger partial charge in [0.2, 0.25) is 5.91 Å². The smallest absolute Gasteiger partial charge is 0.241 e. The van der Waals surface area contributed by atoms with Gasteiger partial charge >= 0.3 is 0 Å². The summed E-state index contributed by atoms with van der Waals surface area (Å²) >= 11 is 0. The normalized spacial score (nSPS) is 24.1. The molecule has 1 aromatic rings. The number of nitrogens with two attached hydrogens (primary N) is 1. The molecule has 20 heavy (non-hydrogen) atoms. The summed E-state index contributed by atoms with van der Waals surface area (Å²) in [6, 6.07) is 9.33. The summed E-state index contributed by atoms with van der Waals surface area (Å²) in [5.41, 5.74) is 6.90. The topological polar surface area (TPSA) is 55.1 Å². The average molecular weight is 274 g/mol. The van der Waals surface area contributed by atoms with Crippen molar-refractivity contribution in [3.8, 4) is 0 Å². The number of hydrogen-bond acceptors (Lipinski definition) is 2. The minimum absolute atomic E-state index is 0.0462. The molecule has 3 heteroatoms. The Bertz CT molecular complexity index is 410. The number of hydrogen-bond donors (Lipinski definition) is 2. The lowest BCUT2D eigenvalue weighted by atomic mass is 9.83. The molecule has 1 saturated carbocycles. The monoisotopic (exact) mass is 274 g/mol. The molecule has 0 radical (unpaired) electrons. The third-order valence-corrected chi connectivity index (χ3v) is 4.33. The molecule has 1 amide bonds. The largest absolute Gasteiger partial charge is 0.352 e. The Kier molecular flexibility index (Phi) is 5.60. The van der Waals surface area contributed by atoms with Crippen molar-refractivity contribution >= 4 is 5.91 Å². The molecule has 3 N–H and O–H groups in total. The van der Waals surface area contributed by atoms with E-state index in [1.807, 2.05) is 30.3 Å². The van der Waals surface area contributed by atoms with Crippen molar-refractivity contribution in [3.05, 3.63) is 35.9 Å². The molecule has 0 saturated heterocycles. The highest BCUT2D eigenvalue weighted by Crippen LogP contribution is 2.28. The van der Waals surface area contributed by atoms with E-state index in [4.69, 9.17) is 5.73 Å². The van der Waals surface area contributed by atoms with Crippen molar-refractivity contribution in [1.29, 1.82) is 0 Å². The fourth-order valence-corrected chi connectivity index (χ4v) is 3.11. The van der Waals surface area contributed by atoms with E-state index < -0.39 is 6.04 Å². The van der Waals surface area contributed by atoms with E-state index in [1.54, 1.807) is 0 Å². The summed E-state index contributed by atoms with van der Waals surface area (Å²) in [5.74, 6) is 0.811. The van der Waals surface area contributed by atoms with Crippen LogP contribution in [-0.2, 0) is 4.79 Å². The molecule has 110 valence electrons. The zero-order valence-corrected chi connectivity index (χ0v) is 12.3. The van der Waals surface area contributed by atoms with Crippen LogP contribution in [0, 0.1) is 5.92 Å². The van der Waals surface area contributed by atoms with Crippen LogP contribution in [0.4, 0.5) is 0 Å². The SMILES string of the molecule is CCCC1CCC(NC(=O)C(N)c2ccccc2)CC1. The Labute approximate surface area is 121 Å². The summed E-state index contributed by atoms with van der Waals surface area (Å²) in [6.07, 6.45) is 7.25. The van der Waals surface area contributed by atoms with Crippen molar-refractivity contribution in [2.75, 3.05) is 0 Å². The van der Waals surface area contributed by atoms with Crippen molar-refractivity contribution in [1.82, 2.24) is 5.32 Å². The van der Waals surface area contributed by atoms with Crippen LogP contribution in [-0.4, -0.2) is 11.9 Å². The highest BCUT2D eigenvalue weighted by Gasteiger charge is 2.24. The lowest BCUT2D eigenvalue weighted by molar-refractivity contribution is -0.123. The van der Waals surface area contributed by atoms with E-state index in [0.29, 0.717) is 6.04 Å². The zero-order valence-electron chi connectivity index (χ0n) is 12.3. The standard InChI is InChI=1S/C17H26N2O/c1-2-6-13-9-11-15(12-10-13)19-17(20)16(18)14-7-4-3-5-8-14/h3-5,7-8,13,15-16H,2,6,9-12,18H2,1H3,(H,19,20). The van der Waals surface area contributed by atoms with Gasteiger partial charge in [0.05, 0.1) is 0 Å². The molecule has 2 rings (SSSR count). The quantitative estimate of drug-likeness (QED) is 0.866. The van der Waals surface area contributed by atoms with Gasteiger partial charge in [-0.3, -0.25) is 4.79 Å². The van der Waals surface area contributed by atoms with Crippen LogP contribution in [0.3, 0.4) is 0 Å². The minimum Gasteiger partial charge on any atom is -0.352 e. The lowest BCUT2D eigenvalue weighted by Crippen LogP contribution is -2.42. The first-order valence-corrected chi connectivity index (χ1v) is 7.81. The molecule has 1 fully saturated rings. The van der Waals surface area contributed by atoms with E-state index in [2.05, 4.69) is 12.2 Å². The molecular formula is C17H26N2O. The number of benzene rings is 1. The van der Waals surface area contributed by atoms with Crippen LogP contribution in [0.5, 0.6) is 0 Å². The molecule has 1 atom stereocenters. The average Bonchev–Trinajstić information content (AvgIpc) is 2.49. The van der Waals surface area contributed by atoms with Gasteiger partial charge in [-0.2, -0.15) is 0 Å². The Morgan fingerprint density at radius 3 is 2.50 bits per heavy atom. The van der Waals surface area contributed by atoms with E-state index in [1.165, 1.54) is 25.7 Å². The number of rotatable bonds is 5. The van der Waals surface area contributed by atoms with Gasteiger partial charge in [-0.25, -0.2) is 0 Å². The maximum atomic E-state index is 12.2. The Morgan fingerprint density at radius 2 is 1.90 bits per heavy atom. The van der Waals surface area contributed by atoms with Gasteiger partial charge in [0.1, 0.15) is 6.04 Å². The predicted octanol–water partition coefficient (Wildman–Crippen LogP) is 3.16. The van der Waals surface area contributed by atoms with Crippen LogP contribution >= 0.6 is 0 Å². The molecule has 0 aliphatic heterocycles. The summed E-state index contributed by atoms with van der Waals surface area (Å²) in [5, 5.41) is 3.12. The number of amides is 1. The Hall–Kier alpha value is -1.35. The first kappa shape index (κ1) is 15.0. The number of nitrogens with one attached hydrogen (secondary N) is 1. The lowest BCUT2D eigenvalue weighted by Gasteiger charge is -2.29. The third-order valence-electron chi connectivity index (χ3n) is 4.33. The molecule has 1 aliphatic carbocycles. The molecule has 3 nitrogen and oxygen atoms in total. The van der Waals surface area contributed by atoms with E-state index in [-0.39, 0.29) is 5.91 Å². The molecule has 1 aliphatic rings. The highest BCUT2D eigenvalue weighted by atomic mass is 16.2. The second kappa shape index (κ2) is 7.44. The first-order valence-electron chi connectivity index (χ1n) is 7.81. The summed E-state index contributed by atoms with van der Waals surface area (Å²) in [7, 11) is 0. The molecule has 1 unspecified atom stereocenters. The molecule has 0 heterocycles. The zero-order chi connectivity index (χ0) is 14.4. The van der Waals surface area contributed by atoms with Gasteiger partial charge < -0.3 is 11.1 Å². The van der Waals surface area contributed by atoms with Crippen LogP contribution < -0.4 is 11.1 Å². The molecular weight excluding hydrogens is 248 g/mol. The van der Waals surface area contributed by atoms with Crippen LogP contribution in [0.1, 0.15) is 57.1 Å². The highest BCUT2D eigenvalue weighted by molar-refractivity contribution is 5.83. The van der Waals surface area contributed by atoms with Crippen LogP contribution in [0.15, 0.2) is 30.3 Å². The summed E-state index contributed by atoms with van der Waals surface area (Å²) in [6.45, 7) is 2.24. The maximum absolute atomic E-state index is 12.2. The second-order valence-electron chi connectivity index (χ2n) is 5.90. The van der Waals surface area contributed by atoms with Crippen molar-refractivity contribution < 1.29 is 4.79 Å². The summed E-state index contributed by atoms with van der Waals surface area (Å²) in [4.78, 5) is 12.2. The van der Waals surface area contributed by atoms with Gasteiger partial charge in [0, 0.05) is 6.04 Å². The van der Waals surface area contributed by atoms with E-state index >= 15 is 0 Å². The van der Waals surface area contributed by atoms with Crippen molar-refractivity contribution in [3.63, 3.8) is 0 Å². The Balaban J connectivity index is 1.81. The molecule has 0 spiro atoms. The molecule has 1 aromatic carbocycles. The van der Waals surface area contributed by atoms with Crippen LogP contribution in [0.2, 0.25) is 0 Å². The van der Waals surface area contributed by atoms with Crippen LogP contribution in [0.25, 0.3) is 0 Å². The van der Waals surface area contributed by atoms with Gasteiger partial charge in [0.15, 0.2) is 0 Å². The fraction of sp³-hybridized carbons (Fsp3) is 0.588. The number of carbonyl (C=O) groups excluding carboxylic acids is 1. The minimum atomic E-state index is -0.551. The fourth-order valence-electron chi connectivity index (χ4n) is 3.11. The maximum Gasteiger partial charge on any atom is 0.241 e. The van der Waals surface area contributed by atoms with E-state index in [0.717, 1.165) is 24.3 Å². The van der Waals surface area contributed by atoms with E-state index in [9.17, 15) is 4.79 Å². The predicted molar refractivity (Wildman–Crippen MR) is 82.2 cm³/mol. The van der Waals surface area contributed by atoms with Crippen molar-refractivity contribution in [2.24, 2.45) is 11.7 Å². The molecule has 0 bridgehead atoms. The van der Waals surface area contributed by atoms with Crippen molar-refractivity contribution in [2.45, 2.75) is 57.5 Å². The van der Waals surface area contributed by atoms with Gasteiger partial charge in [-0.05, 0) is 37.2 Å². The van der Waals surface area contributed by atoms with Gasteiger partial charge in [-0.1, -0.05) is 50.1 Å². The molecule has 0 aromatic heterocycles. The summed E-state index contributed by atoms with van der Waals surface area (Å²) < 4.78 is 0. The van der Waals surface area contributed by atoms with Gasteiger partial charge in [-0.15, -0.1) is 0 Å². The third kappa shape index (κ3) is 4.07.